The molecule has 1 fully saturated rings. The SMILES string of the molecule is Cc1ccccc1C(NC(=O)N1CCC(C(=O)O)C1)C(C)(C)C. The molecule has 2 N–H and O–H groups in total. The van der Waals surface area contributed by atoms with E-state index in [4.69, 9.17) is 5.11 Å². The highest BCUT2D eigenvalue weighted by molar-refractivity contribution is 5.77. The highest BCUT2D eigenvalue weighted by Gasteiger charge is 2.34. The van der Waals surface area contributed by atoms with Gasteiger partial charge in [0, 0.05) is 13.1 Å². The summed E-state index contributed by atoms with van der Waals surface area (Å²) < 4.78 is 0. The van der Waals surface area contributed by atoms with Crippen LogP contribution in [0.15, 0.2) is 24.3 Å². The molecule has 2 atom stereocenters. The van der Waals surface area contributed by atoms with Gasteiger partial charge in [0.1, 0.15) is 0 Å². The van der Waals surface area contributed by atoms with E-state index in [1.807, 2.05) is 31.2 Å². The van der Waals surface area contributed by atoms with Crippen LogP contribution in [0.1, 0.15) is 44.4 Å². The molecule has 5 nitrogen and oxygen atoms in total. The molecule has 1 saturated heterocycles. The van der Waals surface area contributed by atoms with Crippen LogP contribution in [0.25, 0.3) is 0 Å². The van der Waals surface area contributed by atoms with Crippen LogP contribution in [-0.4, -0.2) is 35.1 Å². The van der Waals surface area contributed by atoms with E-state index in [1.165, 1.54) is 0 Å². The second-order valence-corrected chi connectivity index (χ2v) is 7.37. The molecule has 23 heavy (non-hydrogen) atoms. The third-order valence-corrected chi connectivity index (χ3v) is 4.46. The number of carboxylic acid groups (broad SMARTS) is 1. The Bertz CT molecular complexity index is 592. The van der Waals surface area contributed by atoms with E-state index in [2.05, 4.69) is 26.1 Å². The average Bonchev–Trinajstić information content (AvgIpc) is 2.94. The highest BCUT2D eigenvalue weighted by Crippen LogP contribution is 2.34. The van der Waals surface area contributed by atoms with Crippen molar-refractivity contribution in [3.8, 4) is 0 Å². The fraction of sp³-hybridized carbons (Fsp3) is 0.556. The summed E-state index contributed by atoms with van der Waals surface area (Å²) in [5, 5.41) is 12.2. The smallest absolute Gasteiger partial charge is 0.317 e. The van der Waals surface area contributed by atoms with Crippen molar-refractivity contribution in [2.24, 2.45) is 11.3 Å². The Hall–Kier alpha value is -2.04. The number of carbonyl (C=O) groups excluding carboxylic acids is 1. The lowest BCUT2D eigenvalue weighted by Gasteiger charge is -2.34. The Balaban J connectivity index is 2.15. The highest BCUT2D eigenvalue weighted by atomic mass is 16.4. The van der Waals surface area contributed by atoms with Crippen molar-refractivity contribution in [2.75, 3.05) is 13.1 Å². The third kappa shape index (κ3) is 4.03. The fourth-order valence-corrected chi connectivity index (χ4v) is 3.03. The standard InChI is InChI=1S/C18H26N2O3/c1-12-7-5-6-8-14(12)15(18(2,3)4)19-17(23)20-10-9-13(11-20)16(21)22/h5-8,13,15H,9-11H2,1-4H3,(H,19,23)(H,21,22). The Morgan fingerprint density at radius 1 is 1.30 bits per heavy atom. The first kappa shape index (κ1) is 17.3. The summed E-state index contributed by atoms with van der Waals surface area (Å²) in [5.74, 6) is -1.28. The average molecular weight is 318 g/mol. The molecule has 1 aliphatic rings. The van der Waals surface area contributed by atoms with Crippen LogP contribution in [0.5, 0.6) is 0 Å². The zero-order valence-corrected chi connectivity index (χ0v) is 14.3. The molecule has 0 aromatic heterocycles. The van der Waals surface area contributed by atoms with E-state index in [0.29, 0.717) is 13.0 Å². The lowest BCUT2D eigenvalue weighted by Crippen LogP contribution is -2.44. The second kappa shape index (κ2) is 6.60. The number of aliphatic carboxylic acids is 1. The van der Waals surface area contributed by atoms with Gasteiger partial charge in [-0.05, 0) is 29.9 Å². The van der Waals surface area contributed by atoms with Crippen molar-refractivity contribution in [3.05, 3.63) is 35.4 Å². The summed E-state index contributed by atoms with van der Waals surface area (Å²) >= 11 is 0. The van der Waals surface area contributed by atoms with Gasteiger partial charge >= 0.3 is 12.0 Å². The maximum absolute atomic E-state index is 12.6. The number of nitrogens with zero attached hydrogens (tertiary/aromatic N) is 1. The molecule has 1 aromatic carbocycles. The van der Waals surface area contributed by atoms with E-state index in [9.17, 15) is 9.59 Å². The molecule has 1 heterocycles. The van der Waals surface area contributed by atoms with Crippen LogP contribution in [0, 0.1) is 18.3 Å². The van der Waals surface area contributed by atoms with E-state index in [0.717, 1.165) is 11.1 Å². The molecule has 0 aliphatic carbocycles. The van der Waals surface area contributed by atoms with Crippen LogP contribution in [0.4, 0.5) is 4.79 Å². The van der Waals surface area contributed by atoms with Crippen molar-refractivity contribution in [1.29, 1.82) is 0 Å². The zero-order valence-electron chi connectivity index (χ0n) is 14.3. The van der Waals surface area contributed by atoms with E-state index >= 15 is 0 Å². The van der Waals surface area contributed by atoms with Crippen molar-refractivity contribution in [1.82, 2.24) is 10.2 Å². The number of urea groups is 1. The summed E-state index contributed by atoms with van der Waals surface area (Å²) in [6, 6.07) is 7.73. The van der Waals surface area contributed by atoms with Crippen LogP contribution in [0.2, 0.25) is 0 Å². The van der Waals surface area contributed by atoms with Gasteiger partial charge in [0.2, 0.25) is 0 Å². The number of carbonyl (C=O) groups is 2. The van der Waals surface area contributed by atoms with E-state index in [-0.39, 0.29) is 24.0 Å². The number of aryl methyl sites for hydroxylation is 1. The number of amides is 2. The minimum absolute atomic E-state index is 0.125. The fourth-order valence-electron chi connectivity index (χ4n) is 3.03. The topological polar surface area (TPSA) is 69.6 Å². The Kier molecular flexibility index (Phi) is 4.97. The quantitative estimate of drug-likeness (QED) is 0.899. The molecular formula is C18H26N2O3. The second-order valence-electron chi connectivity index (χ2n) is 7.37. The molecule has 1 aliphatic heterocycles. The first-order chi connectivity index (χ1) is 10.7. The summed E-state index contributed by atoms with van der Waals surface area (Å²) in [6.07, 6.45) is 0.521. The van der Waals surface area contributed by atoms with Gasteiger partial charge in [-0.25, -0.2) is 4.79 Å². The number of carboxylic acids is 1. The van der Waals surface area contributed by atoms with Crippen molar-refractivity contribution < 1.29 is 14.7 Å². The van der Waals surface area contributed by atoms with E-state index in [1.54, 1.807) is 4.90 Å². The van der Waals surface area contributed by atoms with Gasteiger partial charge in [0.05, 0.1) is 12.0 Å². The molecule has 0 saturated carbocycles. The lowest BCUT2D eigenvalue weighted by atomic mass is 9.81. The zero-order chi connectivity index (χ0) is 17.2. The van der Waals surface area contributed by atoms with Crippen LogP contribution in [0.3, 0.4) is 0 Å². The van der Waals surface area contributed by atoms with Gasteiger partial charge in [0.15, 0.2) is 0 Å². The molecule has 0 spiro atoms. The monoisotopic (exact) mass is 318 g/mol. The third-order valence-electron chi connectivity index (χ3n) is 4.46. The van der Waals surface area contributed by atoms with Gasteiger partial charge in [0.25, 0.3) is 0 Å². The largest absolute Gasteiger partial charge is 0.481 e. The number of rotatable bonds is 3. The molecule has 126 valence electrons. The Labute approximate surface area is 137 Å². The predicted molar refractivity (Wildman–Crippen MR) is 89.2 cm³/mol. The number of hydrogen-bond donors (Lipinski definition) is 2. The van der Waals surface area contributed by atoms with Crippen molar-refractivity contribution in [2.45, 2.75) is 40.2 Å². The Morgan fingerprint density at radius 2 is 1.96 bits per heavy atom. The normalized spacial score (nSPS) is 19.5. The molecule has 0 radical (unpaired) electrons. The first-order valence-corrected chi connectivity index (χ1v) is 8.04. The maximum Gasteiger partial charge on any atom is 0.317 e. The van der Waals surface area contributed by atoms with Gasteiger partial charge in [-0.15, -0.1) is 0 Å². The van der Waals surface area contributed by atoms with Gasteiger partial charge in [-0.3, -0.25) is 4.79 Å². The lowest BCUT2D eigenvalue weighted by molar-refractivity contribution is -0.141. The molecule has 2 amide bonds. The number of likely N-dealkylation sites (tertiary alicyclic amines) is 1. The Morgan fingerprint density at radius 3 is 2.48 bits per heavy atom. The van der Waals surface area contributed by atoms with Crippen molar-refractivity contribution >= 4 is 12.0 Å². The summed E-state index contributed by atoms with van der Waals surface area (Å²) in [4.78, 5) is 25.2. The van der Waals surface area contributed by atoms with Crippen LogP contribution >= 0.6 is 0 Å². The number of hydrogen-bond acceptors (Lipinski definition) is 2. The predicted octanol–water partition coefficient (Wildman–Crippen LogP) is 3.20. The molecule has 0 bridgehead atoms. The van der Waals surface area contributed by atoms with Gasteiger partial charge in [-0.2, -0.15) is 0 Å². The number of benzene rings is 1. The van der Waals surface area contributed by atoms with Crippen molar-refractivity contribution in [3.63, 3.8) is 0 Å². The maximum atomic E-state index is 12.6. The van der Waals surface area contributed by atoms with Gasteiger partial charge in [-0.1, -0.05) is 45.0 Å². The summed E-state index contributed by atoms with van der Waals surface area (Å²) in [7, 11) is 0. The molecule has 5 heteroatoms. The molecule has 2 rings (SSSR count). The van der Waals surface area contributed by atoms with Crippen LogP contribution in [-0.2, 0) is 4.79 Å². The minimum atomic E-state index is -0.827. The first-order valence-electron chi connectivity index (χ1n) is 8.04. The number of nitrogens with one attached hydrogen (secondary N) is 1. The van der Waals surface area contributed by atoms with Crippen LogP contribution < -0.4 is 5.32 Å². The summed E-state index contributed by atoms with van der Waals surface area (Å²) in [6.45, 7) is 9.09. The van der Waals surface area contributed by atoms with Gasteiger partial charge < -0.3 is 15.3 Å². The minimum Gasteiger partial charge on any atom is -0.481 e. The molecule has 2 unspecified atom stereocenters. The summed E-state index contributed by atoms with van der Waals surface area (Å²) in [5.41, 5.74) is 2.09. The molecule has 1 aromatic rings. The van der Waals surface area contributed by atoms with E-state index < -0.39 is 11.9 Å². The molecular weight excluding hydrogens is 292 g/mol.